The molecule has 78 valence electrons. The minimum atomic E-state index is -4.55. The van der Waals surface area contributed by atoms with Crippen molar-refractivity contribution in [2.24, 2.45) is 5.18 Å². The molecule has 2 nitrogen and oxygen atoms in total. The van der Waals surface area contributed by atoms with Crippen molar-refractivity contribution < 1.29 is 13.2 Å². The highest BCUT2D eigenvalue weighted by molar-refractivity contribution is 7.80. The number of alkyl halides is 3. The third-order valence-corrected chi connectivity index (χ3v) is 2.20. The molecule has 0 aromatic rings. The molecule has 0 spiro atoms. The van der Waals surface area contributed by atoms with Gasteiger partial charge in [-0.3, -0.25) is 0 Å². The standard InChI is InChI=1S/C7H12F3NOS/c1-6(11-12,7(8,9)10)4-2-3-5-13/h13H,2-5H2,1H3. The summed E-state index contributed by atoms with van der Waals surface area (Å²) in [7, 11) is 0. The van der Waals surface area contributed by atoms with Gasteiger partial charge in [0.1, 0.15) is 0 Å². The molecule has 1 unspecified atom stereocenters. The first-order chi connectivity index (χ1) is 5.87. The summed E-state index contributed by atoms with van der Waals surface area (Å²) < 4.78 is 36.7. The van der Waals surface area contributed by atoms with Gasteiger partial charge >= 0.3 is 6.18 Å². The molecule has 0 fully saturated rings. The Morgan fingerprint density at radius 2 is 1.85 bits per heavy atom. The Hall–Kier alpha value is -0.260. The lowest BCUT2D eigenvalue weighted by molar-refractivity contribution is -0.182. The van der Waals surface area contributed by atoms with Crippen LogP contribution in [0.1, 0.15) is 26.2 Å². The smallest absolute Gasteiger partial charge is 0.179 e. The van der Waals surface area contributed by atoms with Gasteiger partial charge in [0.15, 0.2) is 5.54 Å². The first-order valence-corrected chi connectivity index (χ1v) is 4.53. The fourth-order valence-corrected chi connectivity index (χ4v) is 1.04. The highest BCUT2D eigenvalue weighted by atomic mass is 32.1. The van der Waals surface area contributed by atoms with Crippen molar-refractivity contribution in [2.75, 3.05) is 5.75 Å². The number of hydrogen-bond acceptors (Lipinski definition) is 3. The van der Waals surface area contributed by atoms with Crippen molar-refractivity contribution in [1.29, 1.82) is 0 Å². The van der Waals surface area contributed by atoms with Gasteiger partial charge in [-0.05, 0) is 31.9 Å². The van der Waals surface area contributed by atoms with Crippen molar-refractivity contribution >= 4 is 12.6 Å². The molecule has 0 amide bonds. The van der Waals surface area contributed by atoms with E-state index in [1.54, 1.807) is 0 Å². The zero-order chi connectivity index (χ0) is 10.5. The topological polar surface area (TPSA) is 29.4 Å². The Morgan fingerprint density at radius 1 is 1.31 bits per heavy atom. The summed E-state index contributed by atoms with van der Waals surface area (Å²) in [4.78, 5) is 10.1. The molecular formula is C7H12F3NOS. The summed E-state index contributed by atoms with van der Waals surface area (Å²) in [5.41, 5.74) is -2.43. The van der Waals surface area contributed by atoms with Gasteiger partial charge in [-0.25, -0.2) is 0 Å². The lowest BCUT2D eigenvalue weighted by atomic mass is 9.95. The first-order valence-electron chi connectivity index (χ1n) is 3.89. The monoisotopic (exact) mass is 215 g/mol. The highest BCUT2D eigenvalue weighted by Gasteiger charge is 2.52. The lowest BCUT2D eigenvalue weighted by Gasteiger charge is -2.24. The van der Waals surface area contributed by atoms with Crippen LogP contribution in [-0.4, -0.2) is 17.5 Å². The van der Waals surface area contributed by atoms with Crippen LogP contribution in [0.4, 0.5) is 13.2 Å². The Labute approximate surface area is 80.3 Å². The second kappa shape index (κ2) is 4.83. The lowest BCUT2D eigenvalue weighted by Crippen LogP contribution is -2.39. The van der Waals surface area contributed by atoms with E-state index in [1.165, 1.54) is 0 Å². The fraction of sp³-hybridized carbons (Fsp3) is 1.00. The maximum absolute atomic E-state index is 12.2. The second-order valence-electron chi connectivity index (χ2n) is 3.04. The molecule has 0 heterocycles. The Balaban J connectivity index is 4.21. The number of nitroso groups, excluding NO2 is 1. The molecule has 0 rings (SSSR count). The van der Waals surface area contributed by atoms with E-state index in [9.17, 15) is 18.1 Å². The average Bonchev–Trinajstić information content (AvgIpc) is 2.02. The van der Waals surface area contributed by atoms with Crippen LogP contribution < -0.4 is 0 Å². The van der Waals surface area contributed by atoms with Gasteiger partial charge < -0.3 is 0 Å². The van der Waals surface area contributed by atoms with E-state index in [4.69, 9.17) is 0 Å². The van der Waals surface area contributed by atoms with Crippen molar-refractivity contribution in [3.05, 3.63) is 4.91 Å². The van der Waals surface area contributed by atoms with Crippen LogP contribution in [0.2, 0.25) is 0 Å². The van der Waals surface area contributed by atoms with Gasteiger partial charge in [-0.15, -0.1) is 4.91 Å². The van der Waals surface area contributed by atoms with Crippen LogP contribution in [0.15, 0.2) is 5.18 Å². The summed E-state index contributed by atoms with van der Waals surface area (Å²) in [6, 6.07) is 0. The molecular weight excluding hydrogens is 203 g/mol. The van der Waals surface area contributed by atoms with E-state index in [0.29, 0.717) is 18.6 Å². The van der Waals surface area contributed by atoms with Gasteiger partial charge in [0.2, 0.25) is 0 Å². The molecule has 0 bridgehead atoms. The fourth-order valence-electron chi connectivity index (χ4n) is 0.820. The SMILES string of the molecule is CC(CCCCS)(N=O)C(F)(F)F. The van der Waals surface area contributed by atoms with Gasteiger partial charge in [0.05, 0.1) is 0 Å². The molecule has 0 aliphatic carbocycles. The predicted molar refractivity (Wildman–Crippen MR) is 48.0 cm³/mol. The molecule has 0 saturated carbocycles. The molecule has 0 radical (unpaired) electrons. The molecule has 0 aliphatic heterocycles. The molecule has 0 aromatic heterocycles. The van der Waals surface area contributed by atoms with Crippen molar-refractivity contribution in [3.63, 3.8) is 0 Å². The van der Waals surface area contributed by atoms with E-state index in [1.807, 2.05) is 0 Å². The van der Waals surface area contributed by atoms with Crippen LogP contribution in [-0.2, 0) is 0 Å². The van der Waals surface area contributed by atoms with Crippen molar-refractivity contribution in [3.8, 4) is 0 Å². The molecule has 0 saturated heterocycles. The summed E-state index contributed by atoms with van der Waals surface area (Å²) in [5.74, 6) is 0.521. The van der Waals surface area contributed by atoms with E-state index in [0.717, 1.165) is 6.92 Å². The van der Waals surface area contributed by atoms with Crippen LogP contribution in [0, 0.1) is 4.91 Å². The third kappa shape index (κ3) is 3.54. The predicted octanol–water partition coefficient (Wildman–Crippen LogP) is 3.17. The summed E-state index contributed by atoms with van der Waals surface area (Å²) in [6.07, 6.45) is -3.94. The van der Waals surface area contributed by atoms with Gasteiger partial charge in [0.25, 0.3) is 0 Å². The van der Waals surface area contributed by atoms with E-state index < -0.39 is 11.7 Å². The zero-order valence-corrected chi connectivity index (χ0v) is 8.16. The van der Waals surface area contributed by atoms with E-state index in [2.05, 4.69) is 17.8 Å². The van der Waals surface area contributed by atoms with Crippen LogP contribution in [0.25, 0.3) is 0 Å². The third-order valence-electron chi connectivity index (χ3n) is 1.88. The number of rotatable bonds is 5. The van der Waals surface area contributed by atoms with Gasteiger partial charge in [-0.2, -0.15) is 25.8 Å². The molecule has 13 heavy (non-hydrogen) atoms. The maximum Gasteiger partial charge on any atom is 0.416 e. The van der Waals surface area contributed by atoms with Gasteiger partial charge in [-0.1, -0.05) is 5.18 Å². The maximum atomic E-state index is 12.2. The number of unbranched alkanes of at least 4 members (excludes halogenated alkanes) is 1. The minimum Gasteiger partial charge on any atom is -0.179 e. The molecule has 6 heteroatoms. The van der Waals surface area contributed by atoms with Crippen molar-refractivity contribution in [1.82, 2.24) is 0 Å². The van der Waals surface area contributed by atoms with Crippen LogP contribution in [0.5, 0.6) is 0 Å². The summed E-state index contributed by atoms with van der Waals surface area (Å²) in [5, 5.41) is 2.16. The molecule has 0 aliphatic rings. The Kier molecular flexibility index (Phi) is 4.74. The van der Waals surface area contributed by atoms with E-state index in [-0.39, 0.29) is 6.42 Å². The minimum absolute atomic E-state index is 0.263. The first kappa shape index (κ1) is 12.7. The quantitative estimate of drug-likeness (QED) is 0.426. The van der Waals surface area contributed by atoms with Crippen LogP contribution in [0.3, 0.4) is 0 Å². The molecule has 0 N–H and O–H groups in total. The number of hydrogen-bond donors (Lipinski definition) is 1. The average molecular weight is 215 g/mol. The van der Waals surface area contributed by atoms with E-state index >= 15 is 0 Å². The largest absolute Gasteiger partial charge is 0.416 e. The Morgan fingerprint density at radius 3 is 2.15 bits per heavy atom. The number of thiol groups is 1. The zero-order valence-electron chi connectivity index (χ0n) is 7.26. The number of nitrogens with zero attached hydrogens (tertiary/aromatic N) is 1. The Bertz CT molecular complexity index is 174. The van der Waals surface area contributed by atoms with Gasteiger partial charge in [0, 0.05) is 0 Å². The highest BCUT2D eigenvalue weighted by Crippen LogP contribution is 2.37. The second-order valence-corrected chi connectivity index (χ2v) is 3.49. The van der Waals surface area contributed by atoms with Crippen LogP contribution >= 0.6 is 12.6 Å². The number of halogens is 3. The molecule has 1 atom stereocenters. The summed E-state index contributed by atoms with van der Waals surface area (Å²) >= 11 is 3.86. The summed E-state index contributed by atoms with van der Waals surface area (Å²) in [6.45, 7) is 0.818. The normalized spacial score (nSPS) is 16.7. The molecule has 0 aromatic carbocycles. The van der Waals surface area contributed by atoms with Crippen molar-refractivity contribution in [2.45, 2.75) is 37.9 Å².